The third-order valence-corrected chi connectivity index (χ3v) is 3.14. The molecule has 8 heteroatoms. The molecule has 0 aliphatic carbocycles. The average molecular weight is 285 g/mol. The molecule has 0 fully saturated rings. The third kappa shape index (κ3) is 1.97. The van der Waals surface area contributed by atoms with Gasteiger partial charge in [0.05, 0.1) is 6.20 Å². The molecule has 1 atom stereocenters. The number of para-hydroxylation sites is 2. The summed E-state index contributed by atoms with van der Waals surface area (Å²) in [5, 5.41) is 10.4. The molecule has 21 heavy (non-hydrogen) atoms. The number of hydrogen-bond donors (Lipinski definition) is 2. The molecule has 1 aliphatic rings. The van der Waals surface area contributed by atoms with Crippen LogP contribution in [0, 0.1) is 0 Å². The number of ether oxygens (including phenoxy) is 2. The van der Waals surface area contributed by atoms with Crippen molar-refractivity contribution in [3.8, 4) is 23.0 Å². The van der Waals surface area contributed by atoms with Crippen LogP contribution in [0.25, 0.3) is 11.5 Å². The highest BCUT2D eigenvalue weighted by atomic mass is 16.6. The van der Waals surface area contributed by atoms with Crippen molar-refractivity contribution < 1.29 is 14.0 Å². The van der Waals surface area contributed by atoms with Gasteiger partial charge in [-0.3, -0.25) is 5.10 Å². The average Bonchev–Trinajstić information content (AvgIpc) is 3.15. The van der Waals surface area contributed by atoms with Crippen molar-refractivity contribution in [2.24, 2.45) is 0 Å². The number of aromatic amines is 1. The van der Waals surface area contributed by atoms with E-state index in [-0.39, 0.29) is 0 Å². The van der Waals surface area contributed by atoms with E-state index in [9.17, 15) is 0 Å². The number of benzene rings is 1. The highest BCUT2D eigenvalue weighted by Crippen LogP contribution is 2.35. The molecule has 2 aromatic heterocycles. The van der Waals surface area contributed by atoms with E-state index in [1.807, 2.05) is 24.3 Å². The van der Waals surface area contributed by atoms with Crippen molar-refractivity contribution in [2.45, 2.75) is 6.10 Å². The van der Waals surface area contributed by atoms with Crippen molar-refractivity contribution in [2.75, 3.05) is 12.3 Å². The number of H-pyrrole nitrogens is 1. The molecule has 3 N–H and O–H groups in total. The topological polar surface area (TPSA) is 112 Å². The number of aromatic nitrogens is 4. The largest absolute Gasteiger partial charge is 0.485 e. The Kier molecular flexibility index (Phi) is 2.53. The van der Waals surface area contributed by atoms with Crippen LogP contribution >= 0.6 is 0 Å². The van der Waals surface area contributed by atoms with Crippen molar-refractivity contribution in [3.05, 3.63) is 36.3 Å². The van der Waals surface area contributed by atoms with Gasteiger partial charge in [-0.25, -0.2) is 0 Å². The SMILES string of the molecule is Nc1[nH]ncc1-c1nc(C2COc3ccccc3O2)no1. The van der Waals surface area contributed by atoms with Crippen molar-refractivity contribution in [1.82, 2.24) is 20.3 Å². The number of anilines is 1. The summed E-state index contributed by atoms with van der Waals surface area (Å²) < 4.78 is 16.6. The maximum absolute atomic E-state index is 5.81. The van der Waals surface area contributed by atoms with Crippen LogP contribution in [-0.2, 0) is 0 Å². The van der Waals surface area contributed by atoms with Crippen LogP contribution in [0.4, 0.5) is 5.82 Å². The van der Waals surface area contributed by atoms with E-state index < -0.39 is 6.10 Å². The van der Waals surface area contributed by atoms with E-state index in [1.165, 1.54) is 6.20 Å². The van der Waals surface area contributed by atoms with Gasteiger partial charge in [-0.15, -0.1) is 0 Å². The zero-order valence-electron chi connectivity index (χ0n) is 10.8. The Bertz CT molecular complexity index is 781. The number of rotatable bonds is 2. The molecule has 8 nitrogen and oxygen atoms in total. The minimum absolute atomic E-state index is 0.290. The molecule has 3 heterocycles. The first kappa shape index (κ1) is 11.8. The van der Waals surface area contributed by atoms with E-state index >= 15 is 0 Å². The van der Waals surface area contributed by atoms with E-state index in [1.54, 1.807) is 0 Å². The fourth-order valence-electron chi connectivity index (χ4n) is 2.09. The lowest BCUT2D eigenvalue weighted by Crippen LogP contribution is -2.22. The molecule has 0 saturated carbocycles. The van der Waals surface area contributed by atoms with E-state index in [0.29, 0.717) is 41.2 Å². The zero-order valence-corrected chi connectivity index (χ0v) is 10.8. The first-order chi connectivity index (χ1) is 10.3. The predicted molar refractivity (Wildman–Crippen MR) is 71.6 cm³/mol. The smallest absolute Gasteiger partial charge is 0.263 e. The summed E-state index contributed by atoms with van der Waals surface area (Å²) in [5.74, 6) is 2.43. The van der Waals surface area contributed by atoms with Crippen LogP contribution in [0.15, 0.2) is 35.0 Å². The Labute approximate surface area is 118 Å². The lowest BCUT2D eigenvalue weighted by atomic mass is 10.2. The van der Waals surface area contributed by atoms with Gasteiger partial charge < -0.3 is 19.7 Å². The molecule has 0 radical (unpaired) electrons. The summed E-state index contributed by atoms with van der Waals surface area (Å²) in [6, 6.07) is 7.44. The van der Waals surface area contributed by atoms with Gasteiger partial charge in [0.25, 0.3) is 5.89 Å². The highest BCUT2D eigenvalue weighted by Gasteiger charge is 2.27. The Morgan fingerprint density at radius 3 is 2.90 bits per heavy atom. The maximum atomic E-state index is 5.81. The molecule has 3 aromatic rings. The van der Waals surface area contributed by atoms with Crippen LogP contribution in [0.3, 0.4) is 0 Å². The molecule has 0 amide bonds. The fourth-order valence-corrected chi connectivity index (χ4v) is 2.09. The lowest BCUT2D eigenvalue weighted by molar-refractivity contribution is 0.0832. The van der Waals surface area contributed by atoms with Crippen molar-refractivity contribution in [3.63, 3.8) is 0 Å². The zero-order chi connectivity index (χ0) is 14.2. The van der Waals surface area contributed by atoms with Crippen LogP contribution in [-0.4, -0.2) is 26.9 Å². The predicted octanol–water partition coefficient (Wildman–Crippen LogP) is 1.55. The van der Waals surface area contributed by atoms with Crippen LogP contribution < -0.4 is 15.2 Å². The van der Waals surface area contributed by atoms with Crippen LogP contribution in [0.5, 0.6) is 11.5 Å². The lowest BCUT2D eigenvalue weighted by Gasteiger charge is -2.24. The Balaban J connectivity index is 1.61. The standard InChI is InChI=1S/C13H11N5O3/c14-11-7(5-15-17-11)13-16-12(18-21-13)10-6-19-8-3-1-2-4-9(8)20-10/h1-5,10H,6H2,(H3,14,15,17). The second-order valence-corrected chi connectivity index (χ2v) is 4.52. The summed E-state index contributed by atoms with van der Waals surface area (Å²) in [5.41, 5.74) is 6.28. The highest BCUT2D eigenvalue weighted by molar-refractivity contribution is 5.65. The van der Waals surface area contributed by atoms with Gasteiger partial charge in [0.15, 0.2) is 17.6 Å². The molecule has 4 rings (SSSR count). The van der Waals surface area contributed by atoms with Crippen molar-refractivity contribution >= 4 is 5.82 Å². The van der Waals surface area contributed by atoms with E-state index in [2.05, 4.69) is 20.3 Å². The number of nitrogen functional groups attached to an aromatic ring is 1. The summed E-state index contributed by atoms with van der Waals surface area (Å²) in [7, 11) is 0. The van der Waals surface area contributed by atoms with Gasteiger partial charge in [-0.2, -0.15) is 10.1 Å². The third-order valence-electron chi connectivity index (χ3n) is 3.14. The van der Waals surface area contributed by atoms with E-state index in [0.717, 1.165) is 0 Å². The normalized spacial score (nSPS) is 16.9. The first-order valence-corrected chi connectivity index (χ1v) is 6.32. The summed E-state index contributed by atoms with van der Waals surface area (Å²) in [6.45, 7) is 0.316. The molecule has 0 spiro atoms. The van der Waals surface area contributed by atoms with Gasteiger partial charge >= 0.3 is 0 Å². The maximum Gasteiger partial charge on any atom is 0.263 e. The summed E-state index contributed by atoms with van der Waals surface area (Å²) in [6.07, 6.45) is 1.10. The monoisotopic (exact) mass is 285 g/mol. The Morgan fingerprint density at radius 2 is 2.10 bits per heavy atom. The van der Waals surface area contributed by atoms with Gasteiger partial charge in [-0.05, 0) is 12.1 Å². The second-order valence-electron chi connectivity index (χ2n) is 4.52. The number of nitrogens with two attached hydrogens (primary N) is 1. The fraction of sp³-hybridized carbons (Fsp3) is 0.154. The number of nitrogens with one attached hydrogen (secondary N) is 1. The Morgan fingerprint density at radius 1 is 1.24 bits per heavy atom. The van der Waals surface area contributed by atoms with Gasteiger partial charge in [0.2, 0.25) is 5.82 Å². The van der Waals surface area contributed by atoms with Crippen LogP contribution in [0.2, 0.25) is 0 Å². The Hall–Kier alpha value is -3.03. The summed E-state index contributed by atoms with van der Waals surface area (Å²) in [4.78, 5) is 4.29. The van der Waals surface area contributed by atoms with Crippen LogP contribution in [0.1, 0.15) is 11.9 Å². The first-order valence-electron chi connectivity index (χ1n) is 6.32. The van der Waals surface area contributed by atoms with Gasteiger partial charge in [0, 0.05) is 0 Å². The van der Waals surface area contributed by atoms with Crippen molar-refractivity contribution in [1.29, 1.82) is 0 Å². The molecule has 0 saturated heterocycles. The van der Waals surface area contributed by atoms with Gasteiger partial charge in [-0.1, -0.05) is 17.3 Å². The molecule has 106 valence electrons. The second kappa shape index (κ2) is 4.51. The number of hydrogen-bond acceptors (Lipinski definition) is 7. The molecule has 1 unspecified atom stereocenters. The van der Waals surface area contributed by atoms with E-state index in [4.69, 9.17) is 19.7 Å². The van der Waals surface area contributed by atoms with Gasteiger partial charge in [0.1, 0.15) is 18.0 Å². The minimum Gasteiger partial charge on any atom is -0.485 e. The number of fused-ring (bicyclic) bond motifs is 1. The molecule has 0 bridgehead atoms. The quantitative estimate of drug-likeness (QED) is 0.734. The molecule has 1 aliphatic heterocycles. The molecular formula is C13H11N5O3. The molecule has 1 aromatic carbocycles. The summed E-state index contributed by atoms with van der Waals surface area (Å²) >= 11 is 0. The minimum atomic E-state index is -0.425. The molecular weight excluding hydrogens is 274 g/mol. The number of nitrogens with zero attached hydrogens (tertiary/aromatic N) is 3.